The first kappa shape index (κ1) is 11.3. The lowest BCUT2D eigenvalue weighted by molar-refractivity contribution is 0.618. The maximum atomic E-state index is 5.98. The normalized spacial score (nSPS) is 11.3. The van der Waals surface area contributed by atoms with Crippen molar-refractivity contribution in [3.63, 3.8) is 0 Å². The van der Waals surface area contributed by atoms with E-state index in [1.807, 2.05) is 26.0 Å². The van der Waals surface area contributed by atoms with Crippen LogP contribution in [0.2, 0.25) is 0 Å². The molecule has 92 valence electrons. The summed E-state index contributed by atoms with van der Waals surface area (Å²) in [5, 5.41) is 0.758. The van der Waals surface area contributed by atoms with Crippen LogP contribution < -0.4 is 5.73 Å². The number of anilines is 1. The fraction of sp³-hybridized carbons (Fsp3) is 0.214. The van der Waals surface area contributed by atoms with Crippen molar-refractivity contribution in [1.82, 2.24) is 4.98 Å². The first-order valence-corrected chi connectivity index (χ1v) is 6.60. The first-order valence-electron chi connectivity index (χ1n) is 5.78. The number of benzene rings is 1. The lowest BCUT2D eigenvalue weighted by atomic mass is 10.1. The highest BCUT2D eigenvalue weighted by atomic mass is 32.1. The quantitative estimate of drug-likeness (QED) is 0.716. The molecule has 0 unspecified atom stereocenters. The standard InChI is InChI=1S/C14H14N2OS/c1-7-4-8(2)12-11(5-7)16-14(17-12)10-6-9(3)18-13(10)15/h4-6H,15H2,1-3H3. The van der Waals surface area contributed by atoms with Gasteiger partial charge in [-0.15, -0.1) is 11.3 Å². The summed E-state index contributed by atoms with van der Waals surface area (Å²) in [6.45, 7) is 6.12. The van der Waals surface area contributed by atoms with Gasteiger partial charge in [0.1, 0.15) is 5.52 Å². The number of fused-ring (bicyclic) bond motifs is 1. The van der Waals surface area contributed by atoms with Gasteiger partial charge in [0.05, 0.1) is 10.6 Å². The molecule has 2 heterocycles. The molecule has 0 atom stereocenters. The van der Waals surface area contributed by atoms with Gasteiger partial charge in [0.15, 0.2) is 5.58 Å². The van der Waals surface area contributed by atoms with Crippen LogP contribution in [-0.4, -0.2) is 4.98 Å². The number of hydrogen-bond acceptors (Lipinski definition) is 4. The second kappa shape index (κ2) is 3.85. The van der Waals surface area contributed by atoms with E-state index in [1.54, 1.807) is 11.3 Å². The highest BCUT2D eigenvalue weighted by Gasteiger charge is 2.14. The van der Waals surface area contributed by atoms with Gasteiger partial charge in [-0.05, 0) is 44.0 Å². The Balaban J connectivity index is 2.25. The topological polar surface area (TPSA) is 52.0 Å². The van der Waals surface area contributed by atoms with Crippen LogP contribution in [-0.2, 0) is 0 Å². The third-order valence-electron chi connectivity index (χ3n) is 2.93. The van der Waals surface area contributed by atoms with Gasteiger partial charge in [-0.1, -0.05) is 6.07 Å². The fourth-order valence-corrected chi connectivity index (χ4v) is 2.97. The van der Waals surface area contributed by atoms with Gasteiger partial charge in [0.2, 0.25) is 5.89 Å². The molecule has 0 aliphatic rings. The van der Waals surface area contributed by atoms with E-state index in [1.165, 1.54) is 5.56 Å². The van der Waals surface area contributed by atoms with Crippen LogP contribution in [0.1, 0.15) is 16.0 Å². The minimum atomic E-state index is 0.612. The number of nitrogen functional groups attached to an aromatic ring is 1. The van der Waals surface area contributed by atoms with Crippen molar-refractivity contribution in [3.05, 3.63) is 34.2 Å². The Kier molecular flexibility index (Phi) is 2.41. The largest absolute Gasteiger partial charge is 0.436 e. The molecule has 3 aromatic rings. The maximum Gasteiger partial charge on any atom is 0.230 e. The van der Waals surface area contributed by atoms with E-state index in [9.17, 15) is 0 Å². The van der Waals surface area contributed by atoms with Crippen LogP contribution in [0.4, 0.5) is 5.00 Å². The number of hydrogen-bond donors (Lipinski definition) is 1. The predicted octanol–water partition coefficient (Wildman–Crippen LogP) is 4.06. The molecule has 0 bridgehead atoms. The second-order valence-electron chi connectivity index (χ2n) is 4.58. The first-order chi connectivity index (χ1) is 8.54. The second-order valence-corrected chi connectivity index (χ2v) is 5.87. The van der Waals surface area contributed by atoms with E-state index >= 15 is 0 Å². The van der Waals surface area contributed by atoms with Crippen molar-refractivity contribution < 1.29 is 4.42 Å². The molecule has 0 amide bonds. The van der Waals surface area contributed by atoms with Crippen LogP contribution in [0.5, 0.6) is 0 Å². The lowest BCUT2D eigenvalue weighted by Crippen LogP contribution is -1.82. The van der Waals surface area contributed by atoms with Crippen molar-refractivity contribution in [2.75, 3.05) is 5.73 Å². The number of aromatic nitrogens is 1. The Hall–Kier alpha value is -1.81. The molecule has 0 fully saturated rings. The van der Waals surface area contributed by atoms with Crippen LogP contribution in [0, 0.1) is 20.8 Å². The summed E-state index contributed by atoms with van der Waals surface area (Å²) in [5.41, 5.74) is 10.9. The molecule has 0 aliphatic heterocycles. The Morgan fingerprint density at radius 3 is 2.61 bits per heavy atom. The van der Waals surface area contributed by atoms with Crippen molar-refractivity contribution in [2.24, 2.45) is 0 Å². The zero-order chi connectivity index (χ0) is 12.9. The number of nitrogens with zero attached hydrogens (tertiary/aromatic N) is 1. The average Bonchev–Trinajstić information content (AvgIpc) is 2.81. The highest BCUT2D eigenvalue weighted by molar-refractivity contribution is 7.16. The molecule has 0 spiro atoms. The van der Waals surface area contributed by atoms with Gasteiger partial charge in [-0.2, -0.15) is 0 Å². The molecule has 0 radical (unpaired) electrons. The lowest BCUT2D eigenvalue weighted by Gasteiger charge is -1.95. The number of rotatable bonds is 1. The Labute approximate surface area is 109 Å². The van der Waals surface area contributed by atoms with Crippen molar-refractivity contribution >= 4 is 27.4 Å². The molecule has 3 rings (SSSR count). The van der Waals surface area contributed by atoms with Gasteiger partial charge in [-0.3, -0.25) is 0 Å². The number of aryl methyl sites for hydroxylation is 3. The van der Waals surface area contributed by atoms with E-state index in [0.29, 0.717) is 5.89 Å². The Morgan fingerprint density at radius 1 is 1.17 bits per heavy atom. The van der Waals surface area contributed by atoms with Crippen molar-refractivity contribution in [1.29, 1.82) is 0 Å². The summed E-state index contributed by atoms with van der Waals surface area (Å²) in [7, 11) is 0. The molecule has 1 aromatic carbocycles. The molecule has 0 saturated carbocycles. The average molecular weight is 258 g/mol. The fourth-order valence-electron chi connectivity index (χ4n) is 2.19. The van der Waals surface area contributed by atoms with Gasteiger partial charge in [0.25, 0.3) is 0 Å². The third kappa shape index (κ3) is 1.69. The Bertz CT molecular complexity index is 740. The maximum absolute atomic E-state index is 5.98. The molecule has 18 heavy (non-hydrogen) atoms. The number of oxazole rings is 1. The summed E-state index contributed by atoms with van der Waals surface area (Å²) < 4.78 is 5.85. The van der Waals surface area contributed by atoms with Crippen LogP contribution >= 0.6 is 11.3 Å². The highest BCUT2D eigenvalue weighted by Crippen LogP contribution is 2.35. The predicted molar refractivity (Wildman–Crippen MR) is 75.9 cm³/mol. The molecule has 3 nitrogen and oxygen atoms in total. The summed E-state index contributed by atoms with van der Waals surface area (Å²) in [4.78, 5) is 5.70. The SMILES string of the molecule is Cc1cc(C)c2oc(-c3cc(C)sc3N)nc2c1. The van der Waals surface area contributed by atoms with Gasteiger partial charge < -0.3 is 10.2 Å². The minimum absolute atomic E-state index is 0.612. The molecular weight excluding hydrogens is 244 g/mol. The van der Waals surface area contributed by atoms with Crippen LogP contribution in [0.3, 0.4) is 0 Å². The number of nitrogens with two attached hydrogens (primary N) is 1. The van der Waals surface area contributed by atoms with E-state index in [2.05, 4.69) is 18.0 Å². The van der Waals surface area contributed by atoms with E-state index in [-0.39, 0.29) is 0 Å². The minimum Gasteiger partial charge on any atom is -0.436 e. The van der Waals surface area contributed by atoms with Crippen molar-refractivity contribution in [2.45, 2.75) is 20.8 Å². The summed E-state index contributed by atoms with van der Waals surface area (Å²) in [6.07, 6.45) is 0. The monoisotopic (exact) mass is 258 g/mol. The third-order valence-corrected chi connectivity index (χ3v) is 3.81. The zero-order valence-electron chi connectivity index (χ0n) is 10.6. The molecule has 2 N–H and O–H groups in total. The van der Waals surface area contributed by atoms with Crippen molar-refractivity contribution in [3.8, 4) is 11.5 Å². The summed E-state index contributed by atoms with van der Waals surface area (Å²) >= 11 is 1.56. The van der Waals surface area contributed by atoms with Gasteiger partial charge in [-0.25, -0.2) is 4.98 Å². The van der Waals surface area contributed by atoms with Crippen LogP contribution in [0.25, 0.3) is 22.6 Å². The van der Waals surface area contributed by atoms with Gasteiger partial charge >= 0.3 is 0 Å². The number of thiophene rings is 1. The summed E-state index contributed by atoms with van der Waals surface area (Å²) in [6, 6.07) is 6.15. The smallest absolute Gasteiger partial charge is 0.230 e. The molecule has 0 saturated heterocycles. The van der Waals surface area contributed by atoms with Crippen LogP contribution in [0.15, 0.2) is 22.6 Å². The van der Waals surface area contributed by atoms with E-state index < -0.39 is 0 Å². The van der Waals surface area contributed by atoms with E-state index in [4.69, 9.17) is 10.2 Å². The van der Waals surface area contributed by atoms with Gasteiger partial charge in [0, 0.05) is 4.88 Å². The molecular formula is C14H14N2OS. The molecule has 0 aliphatic carbocycles. The molecule has 2 aromatic heterocycles. The van der Waals surface area contributed by atoms with E-state index in [0.717, 1.165) is 32.1 Å². The zero-order valence-corrected chi connectivity index (χ0v) is 11.4. The molecule has 4 heteroatoms. The Morgan fingerprint density at radius 2 is 1.94 bits per heavy atom. The summed E-state index contributed by atoms with van der Waals surface area (Å²) in [5.74, 6) is 0.612.